The van der Waals surface area contributed by atoms with Gasteiger partial charge in [-0.1, -0.05) is 6.07 Å². The maximum absolute atomic E-state index is 11.9. The van der Waals surface area contributed by atoms with Crippen molar-refractivity contribution in [3.8, 4) is 5.75 Å². The zero-order chi connectivity index (χ0) is 15.2. The molecule has 6 nitrogen and oxygen atoms in total. The number of amides is 1. The number of carbonyl (C=O) groups is 2. The fourth-order valence-electron chi connectivity index (χ4n) is 2.24. The molecule has 0 saturated carbocycles. The summed E-state index contributed by atoms with van der Waals surface area (Å²) in [5.74, 6) is -0.854. The van der Waals surface area contributed by atoms with Crippen molar-refractivity contribution >= 4 is 11.9 Å². The lowest BCUT2D eigenvalue weighted by atomic mass is 10.1. The molecular formula is C15H19NO5. The van der Waals surface area contributed by atoms with Gasteiger partial charge in [-0.3, -0.25) is 4.79 Å². The van der Waals surface area contributed by atoms with Crippen LogP contribution in [0.3, 0.4) is 0 Å². The highest BCUT2D eigenvalue weighted by Gasteiger charge is 2.18. The van der Waals surface area contributed by atoms with Crippen molar-refractivity contribution < 1.29 is 24.2 Å². The van der Waals surface area contributed by atoms with Crippen LogP contribution in [0.15, 0.2) is 18.2 Å². The number of aromatic carboxylic acids is 1. The molecule has 0 aromatic heterocycles. The molecule has 0 aliphatic carbocycles. The summed E-state index contributed by atoms with van der Waals surface area (Å²) in [5.41, 5.74) is 0.824. The van der Waals surface area contributed by atoms with E-state index in [4.69, 9.17) is 14.6 Å². The van der Waals surface area contributed by atoms with Gasteiger partial charge in [0.05, 0.1) is 25.7 Å². The Kier molecular flexibility index (Phi) is 5.16. The van der Waals surface area contributed by atoms with E-state index in [1.807, 2.05) is 0 Å². The molecule has 1 atom stereocenters. The molecule has 1 unspecified atom stereocenters. The largest absolute Gasteiger partial charge is 0.493 e. The Morgan fingerprint density at radius 2 is 2.29 bits per heavy atom. The van der Waals surface area contributed by atoms with Crippen molar-refractivity contribution in [3.05, 3.63) is 29.3 Å². The molecule has 1 aliphatic heterocycles. The van der Waals surface area contributed by atoms with Crippen LogP contribution in [0, 0.1) is 0 Å². The minimum absolute atomic E-state index is 0.0714. The fourth-order valence-corrected chi connectivity index (χ4v) is 2.24. The van der Waals surface area contributed by atoms with Gasteiger partial charge in [0.1, 0.15) is 11.3 Å². The molecule has 0 bridgehead atoms. The third kappa shape index (κ3) is 4.19. The molecule has 2 N–H and O–H groups in total. The molecular weight excluding hydrogens is 274 g/mol. The zero-order valence-corrected chi connectivity index (χ0v) is 11.9. The predicted molar refractivity (Wildman–Crippen MR) is 75.6 cm³/mol. The van der Waals surface area contributed by atoms with Gasteiger partial charge in [0, 0.05) is 6.61 Å². The number of hydrogen-bond acceptors (Lipinski definition) is 4. The Labute approximate surface area is 123 Å². The van der Waals surface area contributed by atoms with E-state index in [9.17, 15) is 9.59 Å². The summed E-state index contributed by atoms with van der Waals surface area (Å²) in [6.45, 7) is 3.38. The second kappa shape index (κ2) is 7.08. The molecule has 21 heavy (non-hydrogen) atoms. The summed E-state index contributed by atoms with van der Waals surface area (Å²) in [6, 6.07) is 4.78. The summed E-state index contributed by atoms with van der Waals surface area (Å²) in [7, 11) is 0. The van der Waals surface area contributed by atoms with Crippen molar-refractivity contribution in [3.63, 3.8) is 0 Å². The highest BCUT2D eigenvalue weighted by Crippen LogP contribution is 2.21. The molecule has 6 heteroatoms. The molecule has 1 fully saturated rings. The first-order valence-electron chi connectivity index (χ1n) is 6.96. The number of hydrogen-bond donors (Lipinski definition) is 2. The van der Waals surface area contributed by atoms with Crippen LogP contribution in [-0.2, 0) is 16.0 Å². The summed E-state index contributed by atoms with van der Waals surface area (Å²) < 4.78 is 10.5. The smallest absolute Gasteiger partial charge is 0.339 e. The minimum Gasteiger partial charge on any atom is -0.493 e. The number of carbonyl (C=O) groups excluding carboxylic acids is 1. The summed E-state index contributed by atoms with van der Waals surface area (Å²) in [4.78, 5) is 23.0. The van der Waals surface area contributed by atoms with Gasteiger partial charge < -0.3 is 19.9 Å². The lowest BCUT2D eigenvalue weighted by molar-refractivity contribution is -0.121. The van der Waals surface area contributed by atoms with Gasteiger partial charge in [-0.25, -0.2) is 4.79 Å². The second-order valence-electron chi connectivity index (χ2n) is 4.87. The Balaban J connectivity index is 2.03. The van der Waals surface area contributed by atoms with E-state index in [2.05, 4.69) is 5.32 Å². The lowest BCUT2D eigenvalue weighted by Crippen LogP contribution is -2.36. The molecule has 1 aliphatic rings. The predicted octanol–water partition coefficient (Wildman–Crippen LogP) is 1.23. The van der Waals surface area contributed by atoms with Crippen LogP contribution in [0.4, 0.5) is 0 Å². The highest BCUT2D eigenvalue weighted by molar-refractivity contribution is 5.91. The van der Waals surface area contributed by atoms with Gasteiger partial charge >= 0.3 is 5.97 Å². The molecule has 1 heterocycles. The summed E-state index contributed by atoms with van der Waals surface area (Å²) in [5, 5.41) is 12.0. The van der Waals surface area contributed by atoms with Gasteiger partial charge in [-0.05, 0) is 31.0 Å². The molecule has 1 aromatic rings. The Morgan fingerprint density at radius 3 is 2.90 bits per heavy atom. The van der Waals surface area contributed by atoms with Gasteiger partial charge in [-0.2, -0.15) is 0 Å². The topological polar surface area (TPSA) is 84.9 Å². The van der Waals surface area contributed by atoms with Crippen LogP contribution >= 0.6 is 0 Å². The first kappa shape index (κ1) is 15.3. The summed E-state index contributed by atoms with van der Waals surface area (Å²) >= 11 is 0. The standard InChI is InChI=1S/C15H19NO5/c1-2-21-13-7-10(3-4-12(13)15(18)19)8-14(17)16-11-5-6-20-9-11/h3-4,7,11H,2,5-6,8-9H2,1H3,(H,16,17)(H,18,19). The zero-order valence-electron chi connectivity index (χ0n) is 11.9. The number of carboxylic acids is 1. The molecule has 1 saturated heterocycles. The Bertz CT molecular complexity index is 523. The van der Waals surface area contributed by atoms with Crippen LogP contribution < -0.4 is 10.1 Å². The van der Waals surface area contributed by atoms with Crippen molar-refractivity contribution in [2.24, 2.45) is 0 Å². The van der Waals surface area contributed by atoms with Crippen LogP contribution in [-0.4, -0.2) is 42.8 Å². The van der Waals surface area contributed by atoms with E-state index in [1.54, 1.807) is 19.1 Å². The normalized spacial score (nSPS) is 17.5. The molecule has 2 rings (SSSR count). The van der Waals surface area contributed by atoms with E-state index < -0.39 is 5.97 Å². The number of ether oxygens (including phenoxy) is 2. The fraction of sp³-hybridized carbons (Fsp3) is 0.467. The van der Waals surface area contributed by atoms with Crippen molar-refractivity contribution in [2.75, 3.05) is 19.8 Å². The lowest BCUT2D eigenvalue weighted by Gasteiger charge is -2.12. The number of benzene rings is 1. The van der Waals surface area contributed by atoms with Crippen LogP contribution in [0.2, 0.25) is 0 Å². The maximum atomic E-state index is 11.9. The van der Waals surface area contributed by atoms with E-state index in [1.165, 1.54) is 6.07 Å². The average Bonchev–Trinajstić information content (AvgIpc) is 2.91. The first-order chi connectivity index (χ1) is 10.1. The van der Waals surface area contributed by atoms with E-state index in [-0.39, 0.29) is 23.9 Å². The first-order valence-corrected chi connectivity index (χ1v) is 6.96. The van der Waals surface area contributed by atoms with Gasteiger partial charge in [0.25, 0.3) is 0 Å². The van der Waals surface area contributed by atoms with Crippen LogP contribution in [0.5, 0.6) is 5.75 Å². The highest BCUT2D eigenvalue weighted by atomic mass is 16.5. The molecule has 0 radical (unpaired) electrons. The number of nitrogens with one attached hydrogen (secondary N) is 1. The van der Waals surface area contributed by atoms with E-state index in [0.29, 0.717) is 25.6 Å². The van der Waals surface area contributed by atoms with Crippen molar-refractivity contribution in [1.82, 2.24) is 5.32 Å². The third-order valence-corrected chi connectivity index (χ3v) is 3.24. The van der Waals surface area contributed by atoms with E-state index >= 15 is 0 Å². The molecule has 114 valence electrons. The van der Waals surface area contributed by atoms with Crippen molar-refractivity contribution in [2.45, 2.75) is 25.8 Å². The SMILES string of the molecule is CCOc1cc(CC(=O)NC2CCOC2)ccc1C(=O)O. The van der Waals surface area contributed by atoms with E-state index in [0.717, 1.165) is 12.0 Å². The van der Waals surface area contributed by atoms with Gasteiger partial charge in [0.15, 0.2) is 0 Å². The van der Waals surface area contributed by atoms with Gasteiger partial charge in [0.2, 0.25) is 5.91 Å². The second-order valence-corrected chi connectivity index (χ2v) is 4.87. The minimum atomic E-state index is -1.04. The molecule has 1 aromatic carbocycles. The maximum Gasteiger partial charge on any atom is 0.339 e. The monoisotopic (exact) mass is 293 g/mol. The quantitative estimate of drug-likeness (QED) is 0.824. The molecule has 1 amide bonds. The molecule has 0 spiro atoms. The van der Waals surface area contributed by atoms with Crippen LogP contribution in [0.25, 0.3) is 0 Å². The number of carboxylic acid groups (broad SMARTS) is 1. The Hall–Kier alpha value is -2.08. The van der Waals surface area contributed by atoms with Crippen molar-refractivity contribution in [1.29, 1.82) is 0 Å². The third-order valence-electron chi connectivity index (χ3n) is 3.24. The Morgan fingerprint density at radius 1 is 1.48 bits per heavy atom. The van der Waals surface area contributed by atoms with Gasteiger partial charge in [-0.15, -0.1) is 0 Å². The van der Waals surface area contributed by atoms with Crippen LogP contribution in [0.1, 0.15) is 29.3 Å². The summed E-state index contributed by atoms with van der Waals surface area (Å²) in [6.07, 6.45) is 1.02. The number of rotatable bonds is 6. The average molecular weight is 293 g/mol.